The molecule has 0 spiro atoms. The van der Waals surface area contributed by atoms with Crippen molar-refractivity contribution in [2.45, 2.75) is 13.1 Å². The molecular weight excluding hydrogens is 671 g/mol. The van der Waals surface area contributed by atoms with Crippen molar-refractivity contribution in [3.8, 4) is 22.3 Å². The van der Waals surface area contributed by atoms with E-state index in [1.165, 1.54) is 65.3 Å². The summed E-state index contributed by atoms with van der Waals surface area (Å²) < 4.78 is 0. The van der Waals surface area contributed by atoms with Crippen LogP contribution < -0.4 is 24.8 Å². The minimum absolute atomic E-state index is 0. The van der Waals surface area contributed by atoms with Gasteiger partial charge in [-0.05, 0) is 21.5 Å². The van der Waals surface area contributed by atoms with Crippen LogP contribution in [0.5, 0.6) is 0 Å². The van der Waals surface area contributed by atoms with Crippen molar-refractivity contribution < 1.29 is 48.1 Å². The first kappa shape index (κ1) is 33.6. The molecule has 8 rings (SSSR count). The molecule has 0 radical (unpaired) electrons. The molecule has 0 saturated heterocycles. The summed E-state index contributed by atoms with van der Waals surface area (Å²) in [5.41, 5.74) is 5.45. The van der Waals surface area contributed by atoms with Gasteiger partial charge in [-0.2, -0.15) is 0 Å². The standard InChI is InChI=1S/2C19H13.C2H6Si.2ClH.Zr/c2*1-2-8-16-13-17(12-15(16)7-1)19-11-5-9-14-6-3-4-10-18(14)19;1-3-2;;;/h2*1-13H;1-2H3;2*1H;/q2*-1;;;;+2/p-2. The minimum atomic E-state index is 0. The Morgan fingerprint density at radius 1 is 0.432 bits per heavy atom. The fourth-order valence-corrected chi connectivity index (χ4v) is 5.57. The number of rotatable bonds is 2. The molecule has 0 atom stereocenters. The molecule has 0 N–H and O–H groups in total. The fraction of sp³-hybridized carbons (Fsp3) is 0.0500. The van der Waals surface area contributed by atoms with Gasteiger partial charge in [-0.15, -0.1) is 69.1 Å². The van der Waals surface area contributed by atoms with E-state index in [9.17, 15) is 0 Å². The molecule has 0 bridgehead atoms. The van der Waals surface area contributed by atoms with E-state index in [0.717, 1.165) is 0 Å². The van der Waals surface area contributed by atoms with Gasteiger partial charge in [0.2, 0.25) is 0 Å². The average Bonchev–Trinajstić information content (AvgIpc) is 3.65. The van der Waals surface area contributed by atoms with Crippen LogP contribution in [0, 0.1) is 0 Å². The van der Waals surface area contributed by atoms with Gasteiger partial charge < -0.3 is 24.8 Å². The Hall–Kier alpha value is -3.26. The Kier molecular flexibility index (Phi) is 12.0. The number of benzene rings is 6. The third-order valence-electron chi connectivity index (χ3n) is 7.44. The van der Waals surface area contributed by atoms with Gasteiger partial charge in [0.05, 0.1) is 0 Å². The molecule has 8 aromatic carbocycles. The summed E-state index contributed by atoms with van der Waals surface area (Å²) in [5.74, 6) is 0. The molecule has 0 unspecified atom stereocenters. The predicted molar refractivity (Wildman–Crippen MR) is 182 cm³/mol. The van der Waals surface area contributed by atoms with Gasteiger partial charge in [-0.3, -0.25) is 0 Å². The van der Waals surface area contributed by atoms with E-state index < -0.39 is 0 Å². The monoisotopic (exact) mass is 700 g/mol. The van der Waals surface area contributed by atoms with E-state index in [0.29, 0.717) is 0 Å². The van der Waals surface area contributed by atoms with Gasteiger partial charge in [0, 0.05) is 0 Å². The van der Waals surface area contributed by atoms with Crippen LogP contribution in [0.1, 0.15) is 0 Å². The predicted octanol–water partition coefficient (Wildman–Crippen LogP) is 5.55. The van der Waals surface area contributed by atoms with Crippen molar-refractivity contribution in [1.82, 2.24) is 0 Å². The SMILES string of the molecule is C[Si](C)=[Zr+2].[Cl-].[Cl-].c1ccc2[cH-]c(-c3cccc4ccccc34)cc2c1.c1ccc2[cH-]c(-c3cccc4ccccc34)cc2c1. The fourth-order valence-electron chi connectivity index (χ4n) is 5.57. The molecular formula is C40H32Cl2SiZr-2. The Labute approximate surface area is 287 Å². The van der Waals surface area contributed by atoms with Crippen LogP contribution in [0.3, 0.4) is 0 Å². The summed E-state index contributed by atoms with van der Waals surface area (Å²) in [6, 6.07) is 56.3. The van der Waals surface area contributed by atoms with Gasteiger partial charge in [0.1, 0.15) is 0 Å². The quantitative estimate of drug-likeness (QED) is 0.164. The average molecular weight is 703 g/mol. The van der Waals surface area contributed by atoms with Crippen LogP contribution in [0.2, 0.25) is 13.1 Å². The number of hydrogen-bond acceptors (Lipinski definition) is 0. The summed E-state index contributed by atoms with van der Waals surface area (Å²) in [7, 11) is 0. The Morgan fingerprint density at radius 2 is 0.750 bits per heavy atom. The van der Waals surface area contributed by atoms with Crippen LogP contribution in [-0.2, 0) is 23.3 Å². The molecule has 0 amide bonds. The molecule has 0 aliphatic rings. The van der Waals surface area contributed by atoms with E-state index in [-0.39, 0.29) is 30.2 Å². The zero-order valence-electron chi connectivity index (χ0n) is 24.8. The van der Waals surface area contributed by atoms with Crippen molar-refractivity contribution in [2.75, 3.05) is 0 Å². The number of halogens is 2. The Balaban J connectivity index is 0.000000172. The van der Waals surface area contributed by atoms with E-state index in [2.05, 4.69) is 171 Å². The molecule has 0 aromatic heterocycles. The molecule has 0 fully saturated rings. The Morgan fingerprint density at radius 3 is 1.14 bits per heavy atom. The van der Waals surface area contributed by atoms with Gasteiger partial charge in [-0.1, -0.05) is 132 Å². The molecule has 0 heterocycles. The third kappa shape index (κ3) is 7.68. The first-order valence-corrected chi connectivity index (χ1v) is 20.5. The van der Waals surface area contributed by atoms with Crippen LogP contribution in [-0.4, -0.2) is 5.43 Å². The van der Waals surface area contributed by atoms with Crippen molar-refractivity contribution in [1.29, 1.82) is 0 Å². The zero-order valence-corrected chi connectivity index (χ0v) is 29.7. The van der Waals surface area contributed by atoms with E-state index in [4.69, 9.17) is 0 Å². The molecule has 0 nitrogen and oxygen atoms in total. The molecule has 8 aromatic rings. The molecule has 4 heteroatoms. The van der Waals surface area contributed by atoms with Crippen LogP contribution in [0.4, 0.5) is 0 Å². The van der Waals surface area contributed by atoms with Crippen molar-refractivity contribution >= 4 is 48.5 Å². The zero-order chi connectivity index (χ0) is 28.9. The maximum absolute atomic E-state index is 2.31. The largest absolute Gasteiger partial charge is 1.00 e. The summed E-state index contributed by atoms with van der Waals surface area (Å²) >= 11 is 1.74. The van der Waals surface area contributed by atoms with Crippen LogP contribution >= 0.6 is 0 Å². The summed E-state index contributed by atoms with van der Waals surface area (Å²) in [6.07, 6.45) is 0. The van der Waals surface area contributed by atoms with Crippen molar-refractivity contribution in [2.24, 2.45) is 0 Å². The van der Waals surface area contributed by atoms with Crippen LogP contribution in [0.25, 0.3) is 65.3 Å². The van der Waals surface area contributed by atoms with E-state index in [1.807, 2.05) is 0 Å². The second-order valence-electron chi connectivity index (χ2n) is 10.8. The smallest absolute Gasteiger partial charge is 0.0253 e. The molecule has 0 aliphatic heterocycles. The van der Waals surface area contributed by atoms with Crippen molar-refractivity contribution in [3.05, 3.63) is 158 Å². The second kappa shape index (κ2) is 15.6. The minimum Gasteiger partial charge on any atom is -1.00 e. The van der Waals surface area contributed by atoms with Gasteiger partial charge >= 0.3 is 41.9 Å². The molecule has 216 valence electrons. The normalized spacial score (nSPS) is 10.3. The van der Waals surface area contributed by atoms with Gasteiger partial charge in [0.15, 0.2) is 0 Å². The summed E-state index contributed by atoms with van der Waals surface area (Å²) in [5, 5.41) is 10.5. The Bertz CT molecular complexity index is 1920. The van der Waals surface area contributed by atoms with Crippen LogP contribution in [0.15, 0.2) is 158 Å². The molecule has 44 heavy (non-hydrogen) atoms. The topological polar surface area (TPSA) is 0 Å². The van der Waals surface area contributed by atoms with Crippen molar-refractivity contribution in [3.63, 3.8) is 0 Å². The van der Waals surface area contributed by atoms with E-state index in [1.54, 1.807) is 23.3 Å². The maximum Gasteiger partial charge on any atom is -0.0253 e. The first-order valence-electron chi connectivity index (χ1n) is 14.4. The number of hydrogen-bond donors (Lipinski definition) is 0. The first-order chi connectivity index (χ1) is 20.6. The van der Waals surface area contributed by atoms with Gasteiger partial charge in [0.25, 0.3) is 0 Å². The number of fused-ring (bicyclic) bond motifs is 4. The van der Waals surface area contributed by atoms with Gasteiger partial charge in [-0.25, -0.2) is 0 Å². The molecule has 0 saturated carbocycles. The third-order valence-corrected chi connectivity index (χ3v) is 7.44. The summed E-state index contributed by atoms with van der Waals surface area (Å²) in [4.78, 5) is 0. The van der Waals surface area contributed by atoms with E-state index >= 15 is 0 Å². The molecule has 0 aliphatic carbocycles. The summed E-state index contributed by atoms with van der Waals surface area (Å²) in [6.45, 7) is 4.62. The second-order valence-corrected chi connectivity index (χ2v) is 20.2. The maximum atomic E-state index is 2.31.